The van der Waals surface area contributed by atoms with Crippen molar-refractivity contribution in [1.29, 1.82) is 0 Å². The van der Waals surface area contributed by atoms with Crippen LogP contribution in [0.25, 0.3) is 0 Å². The number of carbonyl (C=O) groups is 2. The number of anilines is 1. The van der Waals surface area contributed by atoms with Crippen molar-refractivity contribution in [2.45, 2.75) is 38.6 Å². The fourth-order valence-corrected chi connectivity index (χ4v) is 3.63. The summed E-state index contributed by atoms with van der Waals surface area (Å²) in [7, 11) is 0. The van der Waals surface area contributed by atoms with Crippen LogP contribution in [0.5, 0.6) is 0 Å². The van der Waals surface area contributed by atoms with Crippen LogP contribution in [0.1, 0.15) is 32.6 Å². The lowest BCUT2D eigenvalue weighted by Crippen LogP contribution is -2.58. The van der Waals surface area contributed by atoms with Crippen molar-refractivity contribution in [3.8, 4) is 0 Å². The molecular formula is C17H21ClN2O2. The largest absolute Gasteiger partial charge is 0.329 e. The normalized spacial score (nSPS) is 23.2. The van der Waals surface area contributed by atoms with Crippen LogP contribution in [0, 0.1) is 5.92 Å². The van der Waals surface area contributed by atoms with Crippen molar-refractivity contribution in [3.05, 3.63) is 29.3 Å². The Balaban J connectivity index is 1.73. The fourth-order valence-electron chi connectivity index (χ4n) is 3.45. The van der Waals surface area contributed by atoms with Gasteiger partial charge in [0.2, 0.25) is 11.8 Å². The van der Waals surface area contributed by atoms with Crippen LogP contribution in [-0.2, 0) is 9.59 Å². The highest BCUT2D eigenvalue weighted by Crippen LogP contribution is 2.29. The second-order valence-corrected chi connectivity index (χ2v) is 6.72. The number of rotatable bonds is 2. The molecule has 1 aliphatic carbocycles. The first-order valence-electron chi connectivity index (χ1n) is 7.92. The Bertz CT molecular complexity index is 584. The summed E-state index contributed by atoms with van der Waals surface area (Å²) >= 11 is 6.01. The molecule has 1 atom stereocenters. The van der Waals surface area contributed by atoms with Crippen molar-refractivity contribution in [2.75, 3.05) is 18.0 Å². The van der Waals surface area contributed by atoms with E-state index in [2.05, 4.69) is 0 Å². The van der Waals surface area contributed by atoms with Crippen molar-refractivity contribution >= 4 is 29.1 Å². The van der Waals surface area contributed by atoms with E-state index in [1.165, 1.54) is 0 Å². The Morgan fingerprint density at radius 3 is 2.68 bits per heavy atom. The maximum atomic E-state index is 12.6. The SMILES string of the molecule is C[C@@H]1CN(c2cccc(Cl)c2)C(=O)CN1C(=O)C1CCCC1. The third kappa shape index (κ3) is 2.98. The molecule has 118 valence electrons. The molecule has 0 radical (unpaired) electrons. The minimum Gasteiger partial charge on any atom is -0.329 e. The molecule has 1 aliphatic heterocycles. The van der Waals surface area contributed by atoms with Crippen LogP contribution in [0.3, 0.4) is 0 Å². The van der Waals surface area contributed by atoms with Gasteiger partial charge >= 0.3 is 0 Å². The first-order chi connectivity index (χ1) is 10.6. The summed E-state index contributed by atoms with van der Waals surface area (Å²) in [6, 6.07) is 7.33. The van der Waals surface area contributed by atoms with Crippen molar-refractivity contribution < 1.29 is 9.59 Å². The highest BCUT2D eigenvalue weighted by atomic mass is 35.5. The van der Waals surface area contributed by atoms with E-state index in [4.69, 9.17) is 11.6 Å². The Hall–Kier alpha value is -1.55. The molecule has 5 heteroatoms. The van der Waals surface area contributed by atoms with E-state index in [1.807, 2.05) is 19.1 Å². The summed E-state index contributed by atoms with van der Waals surface area (Å²) in [5.41, 5.74) is 0.803. The van der Waals surface area contributed by atoms with Gasteiger partial charge < -0.3 is 9.80 Å². The zero-order chi connectivity index (χ0) is 15.7. The predicted molar refractivity (Wildman–Crippen MR) is 86.9 cm³/mol. The summed E-state index contributed by atoms with van der Waals surface area (Å²) < 4.78 is 0. The molecule has 1 aromatic carbocycles. The molecular weight excluding hydrogens is 300 g/mol. The lowest BCUT2D eigenvalue weighted by molar-refractivity contribution is -0.142. The molecule has 1 saturated carbocycles. The van der Waals surface area contributed by atoms with E-state index in [0.717, 1.165) is 31.4 Å². The van der Waals surface area contributed by atoms with E-state index < -0.39 is 0 Å². The standard InChI is InChI=1S/C17H21ClN2O2/c1-12-10-20(15-8-4-7-14(18)9-15)16(21)11-19(12)17(22)13-5-2-3-6-13/h4,7-9,12-13H,2-3,5-6,10-11H2,1H3/t12-/m1/s1. The van der Waals surface area contributed by atoms with Gasteiger partial charge in [-0.2, -0.15) is 0 Å². The van der Waals surface area contributed by atoms with Gasteiger partial charge in [-0.05, 0) is 38.0 Å². The number of hydrogen-bond acceptors (Lipinski definition) is 2. The van der Waals surface area contributed by atoms with Gasteiger partial charge in [0.15, 0.2) is 0 Å². The minimum absolute atomic E-state index is 0.0322. The summed E-state index contributed by atoms with van der Waals surface area (Å²) in [6.45, 7) is 2.71. The van der Waals surface area contributed by atoms with Gasteiger partial charge in [-0.25, -0.2) is 0 Å². The summed E-state index contributed by atoms with van der Waals surface area (Å²) in [5, 5.41) is 0.613. The van der Waals surface area contributed by atoms with Crippen molar-refractivity contribution in [2.24, 2.45) is 5.92 Å². The molecule has 0 unspecified atom stereocenters. The number of amides is 2. The van der Waals surface area contributed by atoms with Gasteiger partial charge in [0.05, 0.1) is 0 Å². The predicted octanol–water partition coefficient (Wildman–Crippen LogP) is 3.09. The van der Waals surface area contributed by atoms with Gasteiger partial charge in [0.1, 0.15) is 6.54 Å². The van der Waals surface area contributed by atoms with Crippen molar-refractivity contribution in [1.82, 2.24) is 4.90 Å². The summed E-state index contributed by atoms with van der Waals surface area (Å²) in [4.78, 5) is 28.6. The minimum atomic E-state index is -0.0355. The average molecular weight is 321 g/mol. The quantitative estimate of drug-likeness (QED) is 0.840. The molecule has 4 nitrogen and oxygen atoms in total. The van der Waals surface area contributed by atoms with E-state index in [0.29, 0.717) is 11.6 Å². The van der Waals surface area contributed by atoms with E-state index in [1.54, 1.807) is 21.9 Å². The number of carbonyl (C=O) groups excluding carboxylic acids is 2. The second kappa shape index (κ2) is 6.29. The average Bonchev–Trinajstić information content (AvgIpc) is 3.03. The van der Waals surface area contributed by atoms with Crippen LogP contribution in [0.4, 0.5) is 5.69 Å². The fraction of sp³-hybridized carbons (Fsp3) is 0.529. The zero-order valence-corrected chi connectivity index (χ0v) is 13.6. The van der Waals surface area contributed by atoms with Gasteiger partial charge in [-0.1, -0.05) is 30.5 Å². The Morgan fingerprint density at radius 1 is 1.27 bits per heavy atom. The van der Waals surface area contributed by atoms with Crippen molar-refractivity contribution in [3.63, 3.8) is 0 Å². The number of nitrogens with zero attached hydrogens (tertiary/aromatic N) is 2. The molecule has 2 amide bonds. The van der Waals surface area contributed by atoms with Gasteiger partial charge in [-0.15, -0.1) is 0 Å². The highest BCUT2D eigenvalue weighted by molar-refractivity contribution is 6.30. The number of piperazine rings is 1. The highest BCUT2D eigenvalue weighted by Gasteiger charge is 2.36. The molecule has 3 rings (SSSR count). The second-order valence-electron chi connectivity index (χ2n) is 6.28. The molecule has 0 spiro atoms. The Kier molecular flexibility index (Phi) is 4.39. The monoisotopic (exact) mass is 320 g/mol. The maximum Gasteiger partial charge on any atom is 0.246 e. The first-order valence-corrected chi connectivity index (χ1v) is 8.30. The zero-order valence-electron chi connectivity index (χ0n) is 12.8. The van der Waals surface area contributed by atoms with Gasteiger partial charge in [0, 0.05) is 29.2 Å². The van der Waals surface area contributed by atoms with Crippen LogP contribution < -0.4 is 4.90 Å². The number of benzene rings is 1. The first kappa shape index (κ1) is 15.3. The van der Waals surface area contributed by atoms with E-state index in [9.17, 15) is 9.59 Å². The number of halogens is 1. The molecule has 1 saturated heterocycles. The lowest BCUT2D eigenvalue weighted by Gasteiger charge is -2.40. The molecule has 0 bridgehead atoms. The van der Waals surface area contributed by atoms with E-state index >= 15 is 0 Å². The van der Waals surface area contributed by atoms with Crippen LogP contribution in [-0.4, -0.2) is 35.8 Å². The summed E-state index contributed by atoms with van der Waals surface area (Å²) in [6.07, 6.45) is 4.19. The lowest BCUT2D eigenvalue weighted by atomic mass is 10.0. The smallest absolute Gasteiger partial charge is 0.246 e. The van der Waals surface area contributed by atoms with Crippen LogP contribution in [0.15, 0.2) is 24.3 Å². The number of hydrogen-bond donors (Lipinski definition) is 0. The molecule has 22 heavy (non-hydrogen) atoms. The van der Waals surface area contributed by atoms with Gasteiger partial charge in [0.25, 0.3) is 0 Å². The molecule has 0 aromatic heterocycles. The third-order valence-electron chi connectivity index (χ3n) is 4.69. The topological polar surface area (TPSA) is 40.6 Å². The third-order valence-corrected chi connectivity index (χ3v) is 4.93. The van der Waals surface area contributed by atoms with Gasteiger partial charge in [-0.3, -0.25) is 9.59 Å². The Labute approximate surface area is 136 Å². The molecule has 2 fully saturated rings. The maximum absolute atomic E-state index is 12.6. The van der Waals surface area contributed by atoms with Crippen LogP contribution >= 0.6 is 11.6 Å². The molecule has 1 aromatic rings. The summed E-state index contributed by atoms with van der Waals surface area (Å²) in [5.74, 6) is 0.240. The van der Waals surface area contributed by atoms with E-state index in [-0.39, 0.29) is 30.3 Å². The van der Waals surface area contributed by atoms with Crippen LogP contribution in [0.2, 0.25) is 5.02 Å². The molecule has 2 aliphatic rings. The Morgan fingerprint density at radius 2 is 2.00 bits per heavy atom. The molecule has 0 N–H and O–H groups in total. The molecule has 1 heterocycles.